The van der Waals surface area contributed by atoms with Crippen LogP contribution in [-0.4, -0.2) is 38.9 Å². The first kappa shape index (κ1) is 18.8. The Morgan fingerprint density at radius 2 is 1.81 bits per heavy atom. The molecule has 10 nitrogen and oxygen atoms in total. The van der Waals surface area contributed by atoms with Gasteiger partial charge in [0.1, 0.15) is 0 Å². The first-order valence-corrected chi connectivity index (χ1v) is 9.75. The van der Waals surface area contributed by atoms with E-state index in [1.54, 1.807) is 19.3 Å². The van der Waals surface area contributed by atoms with Crippen LogP contribution < -0.4 is 16.4 Å². The Bertz CT molecular complexity index is 1350. The molecule has 6 N–H and O–H groups in total. The quantitative estimate of drug-likeness (QED) is 0.320. The van der Waals surface area contributed by atoms with E-state index >= 15 is 0 Å². The van der Waals surface area contributed by atoms with Gasteiger partial charge in [0.2, 0.25) is 5.96 Å². The Kier molecular flexibility index (Phi) is 4.41. The van der Waals surface area contributed by atoms with Gasteiger partial charge in [0, 0.05) is 22.5 Å². The summed E-state index contributed by atoms with van der Waals surface area (Å²) >= 11 is 0. The molecule has 0 radical (unpaired) electrons. The molecule has 3 heterocycles. The lowest BCUT2D eigenvalue weighted by atomic mass is 9.90. The van der Waals surface area contributed by atoms with Crippen LogP contribution in [0, 0.1) is 0 Å². The molecular formula is C21H20N8O2. The van der Waals surface area contributed by atoms with Crippen molar-refractivity contribution in [2.45, 2.75) is 12.6 Å². The summed E-state index contributed by atoms with van der Waals surface area (Å²) in [5, 5.41) is 22.2. The number of nitrogens with zero attached hydrogens (tertiary/aromatic N) is 3. The summed E-state index contributed by atoms with van der Waals surface area (Å²) < 4.78 is 5.24. The minimum Gasteiger partial charge on any atom is -0.462 e. The summed E-state index contributed by atoms with van der Waals surface area (Å²) in [4.78, 5) is 17.4. The van der Waals surface area contributed by atoms with Crippen molar-refractivity contribution in [1.82, 2.24) is 25.7 Å². The molecule has 0 saturated heterocycles. The number of nitrogens with two attached hydrogens (primary N) is 1. The molecule has 31 heavy (non-hydrogen) atoms. The number of rotatable bonds is 4. The summed E-state index contributed by atoms with van der Waals surface area (Å²) in [5.41, 5.74) is 8.37. The van der Waals surface area contributed by atoms with Crippen molar-refractivity contribution in [3.63, 3.8) is 0 Å². The van der Waals surface area contributed by atoms with Gasteiger partial charge >= 0.3 is 5.97 Å². The number of guanidine groups is 1. The first-order valence-electron chi connectivity index (χ1n) is 9.75. The lowest BCUT2D eigenvalue weighted by molar-refractivity contribution is -0.139. The molecular weight excluding hydrogens is 396 g/mol. The van der Waals surface area contributed by atoms with Gasteiger partial charge in [0.25, 0.3) is 0 Å². The molecule has 156 valence electrons. The molecule has 0 aliphatic carbocycles. The minimum absolute atomic E-state index is 0.182. The highest BCUT2D eigenvalue weighted by atomic mass is 16.5. The van der Waals surface area contributed by atoms with Gasteiger partial charge < -0.3 is 15.4 Å². The number of H-pyrrole nitrogens is 2. The zero-order valence-electron chi connectivity index (χ0n) is 16.6. The van der Waals surface area contributed by atoms with Gasteiger partial charge in [-0.2, -0.15) is 10.2 Å². The maximum absolute atomic E-state index is 12.7. The second kappa shape index (κ2) is 7.26. The summed E-state index contributed by atoms with van der Waals surface area (Å²) in [5.74, 6) is -0.179. The summed E-state index contributed by atoms with van der Waals surface area (Å²) in [6.07, 6.45) is 4.95. The van der Waals surface area contributed by atoms with Crippen LogP contribution in [0.15, 0.2) is 65.6 Å². The molecule has 0 bridgehead atoms. The number of benzene rings is 2. The van der Waals surface area contributed by atoms with Gasteiger partial charge in [-0.25, -0.2) is 9.79 Å². The second-order valence-electron chi connectivity index (χ2n) is 7.05. The molecule has 0 saturated carbocycles. The molecule has 2 aromatic carbocycles. The number of aromatic amines is 2. The van der Waals surface area contributed by atoms with E-state index in [-0.39, 0.29) is 12.2 Å². The van der Waals surface area contributed by atoms with Crippen LogP contribution in [-0.2, 0) is 15.2 Å². The molecule has 5 rings (SSSR count). The molecule has 4 aromatic rings. The topological polar surface area (TPSA) is 146 Å². The molecule has 0 amide bonds. The fraction of sp³-hybridized carbons (Fsp3) is 0.143. The van der Waals surface area contributed by atoms with Crippen LogP contribution in [0.1, 0.15) is 12.5 Å². The molecule has 0 fully saturated rings. The fourth-order valence-electron chi connectivity index (χ4n) is 3.70. The van der Waals surface area contributed by atoms with Crippen LogP contribution in [0.3, 0.4) is 0 Å². The van der Waals surface area contributed by atoms with E-state index in [4.69, 9.17) is 15.5 Å². The highest BCUT2D eigenvalue weighted by Gasteiger charge is 2.41. The third-order valence-corrected chi connectivity index (χ3v) is 5.16. The van der Waals surface area contributed by atoms with Crippen molar-refractivity contribution >= 4 is 39.4 Å². The van der Waals surface area contributed by atoms with E-state index < -0.39 is 11.6 Å². The average Bonchev–Trinajstić information content (AvgIpc) is 3.43. The Balaban J connectivity index is 1.61. The predicted molar refractivity (Wildman–Crippen MR) is 117 cm³/mol. The smallest absolute Gasteiger partial charge is 0.339 e. The lowest BCUT2D eigenvalue weighted by Crippen LogP contribution is -2.48. The van der Waals surface area contributed by atoms with Gasteiger partial charge in [0.05, 0.1) is 41.3 Å². The van der Waals surface area contributed by atoms with E-state index in [0.29, 0.717) is 17.0 Å². The third-order valence-electron chi connectivity index (χ3n) is 5.16. The predicted octanol–water partition coefficient (Wildman–Crippen LogP) is 2.07. The number of fused-ring (bicyclic) bond motifs is 2. The number of para-hydroxylation sites is 2. The number of esters is 1. The number of ether oxygens (including phenoxy) is 1. The number of anilines is 1. The number of carbonyl (C=O) groups is 1. The van der Waals surface area contributed by atoms with Crippen molar-refractivity contribution in [3.8, 4) is 0 Å². The Morgan fingerprint density at radius 3 is 2.58 bits per heavy atom. The maximum atomic E-state index is 12.7. The van der Waals surface area contributed by atoms with Crippen molar-refractivity contribution in [2.24, 2.45) is 10.7 Å². The third kappa shape index (κ3) is 3.09. The molecule has 1 atom stereocenters. The highest BCUT2D eigenvalue weighted by Crippen LogP contribution is 2.35. The van der Waals surface area contributed by atoms with Crippen LogP contribution in [0.2, 0.25) is 0 Å². The summed E-state index contributed by atoms with van der Waals surface area (Å²) in [6, 6.07) is 11.3. The fourth-order valence-corrected chi connectivity index (χ4v) is 3.70. The van der Waals surface area contributed by atoms with Crippen molar-refractivity contribution in [1.29, 1.82) is 0 Å². The minimum atomic E-state index is -1.51. The zero-order valence-corrected chi connectivity index (χ0v) is 16.6. The van der Waals surface area contributed by atoms with Crippen LogP contribution in [0.5, 0.6) is 0 Å². The number of carbonyl (C=O) groups excluding carboxylic acids is 1. The van der Waals surface area contributed by atoms with Crippen molar-refractivity contribution < 1.29 is 9.53 Å². The van der Waals surface area contributed by atoms with Gasteiger partial charge in [-0.15, -0.1) is 0 Å². The van der Waals surface area contributed by atoms with Crippen LogP contribution in [0.4, 0.5) is 5.69 Å². The first-order chi connectivity index (χ1) is 15.1. The number of aliphatic imine (C=N–C) groups is 1. The molecule has 2 aromatic heterocycles. The maximum Gasteiger partial charge on any atom is 0.339 e. The van der Waals surface area contributed by atoms with Gasteiger partial charge in [-0.1, -0.05) is 30.3 Å². The molecule has 10 heteroatoms. The van der Waals surface area contributed by atoms with E-state index in [9.17, 15) is 4.79 Å². The normalized spacial score (nSPS) is 18.4. The second-order valence-corrected chi connectivity index (χ2v) is 7.05. The van der Waals surface area contributed by atoms with Gasteiger partial charge in [-0.3, -0.25) is 15.9 Å². The number of hydrogen-bond acceptors (Lipinski definition) is 8. The standard InChI is InChI=1S/C21H20N8O2/c1-2-31-19(30)15-11-23-20(26-16-8-4-6-13-10-25-29-18(13)16)27-21(15,22)14-7-3-5-12-9-24-28-17(12)14/h3-11H,2,22H2,1H3,(H,24,28)(H,25,29)(H2,23,26,27). The lowest BCUT2D eigenvalue weighted by Gasteiger charge is -2.32. The molecule has 0 spiro atoms. The van der Waals surface area contributed by atoms with Crippen molar-refractivity contribution in [2.75, 3.05) is 11.9 Å². The van der Waals surface area contributed by atoms with E-state index in [1.807, 2.05) is 36.4 Å². The Labute approximate surface area is 176 Å². The Morgan fingerprint density at radius 1 is 1.10 bits per heavy atom. The summed E-state index contributed by atoms with van der Waals surface area (Å²) in [7, 11) is 0. The van der Waals surface area contributed by atoms with E-state index in [2.05, 4.69) is 31.0 Å². The van der Waals surface area contributed by atoms with E-state index in [1.165, 1.54) is 6.20 Å². The number of nitrogens with one attached hydrogen (secondary N) is 4. The number of aromatic nitrogens is 4. The van der Waals surface area contributed by atoms with Crippen LogP contribution in [0.25, 0.3) is 21.8 Å². The number of hydrogen-bond donors (Lipinski definition) is 5. The average molecular weight is 416 g/mol. The Hall–Kier alpha value is -4.18. The highest BCUT2D eigenvalue weighted by molar-refractivity contribution is 6.04. The molecule has 1 unspecified atom stereocenters. The zero-order chi connectivity index (χ0) is 21.4. The SMILES string of the molecule is CCOC(=O)C1=CNC(Nc2cccc3cn[nH]c23)=NC1(N)c1cccc2cn[nH]c12. The summed E-state index contributed by atoms with van der Waals surface area (Å²) in [6.45, 7) is 1.96. The largest absolute Gasteiger partial charge is 0.462 e. The van der Waals surface area contributed by atoms with Crippen LogP contribution >= 0.6 is 0 Å². The van der Waals surface area contributed by atoms with E-state index in [0.717, 1.165) is 22.0 Å². The van der Waals surface area contributed by atoms with Crippen molar-refractivity contribution in [3.05, 3.63) is 66.1 Å². The molecule has 1 aliphatic heterocycles. The molecule has 1 aliphatic rings. The monoisotopic (exact) mass is 416 g/mol. The van der Waals surface area contributed by atoms with Gasteiger partial charge in [-0.05, 0) is 13.0 Å². The van der Waals surface area contributed by atoms with Gasteiger partial charge in [0.15, 0.2) is 5.66 Å².